The fourth-order valence-electron chi connectivity index (χ4n) is 3.90. The summed E-state index contributed by atoms with van der Waals surface area (Å²) in [5.74, 6) is -0.187. The largest absolute Gasteiger partial charge is 0.347 e. The lowest BCUT2D eigenvalue weighted by Crippen LogP contribution is -2.39. The van der Waals surface area contributed by atoms with Crippen LogP contribution < -0.4 is 5.32 Å². The molecule has 1 aliphatic heterocycles. The van der Waals surface area contributed by atoms with Crippen LogP contribution in [-0.2, 0) is 15.1 Å². The number of nitriles is 1. The van der Waals surface area contributed by atoms with E-state index in [-0.39, 0.29) is 24.3 Å². The van der Waals surface area contributed by atoms with Gasteiger partial charge in [0.05, 0.1) is 29.6 Å². The zero-order valence-corrected chi connectivity index (χ0v) is 15.7. The molecule has 2 aliphatic rings. The second kappa shape index (κ2) is 6.97. The molecule has 0 spiro atoms. The Morgan fingerprint density at radius 3 is 2.71 bits per heavy atom. The standard InChI is InChI=1S/C23H21N3O2/c1-16(27)26-12-9-18-6-2-3-8-20(18)21(26)14-22(28)25-23(10-11-23)19-7-4-5-17(13-19)15-24/h2-9,12-13,21H,10-11,14H2,1H3,(H,25,28). The van der Waals surface area contributed by atoms with E-state index in [1.165, 1.54) is 6.92 Å². The van der Waals surface area contributed by atoms with Crippen LogP contribution >= 0.6 is 0 Å². The molecule has 1 saturated carbocycles. The molecule has 1 aliphatic carbocycles. The Labute approximate surface area is 164 Å². The summed E-state index contributed by atoms with van der Waals surface area (Å²) in [6.07, 6.45) is 5.56. The van der Waals surface area contributed by atoms with Crippen molar-refractivity contribution in [3.8, 4) is 6.07 Å². The van der Waals surface area contributed by atoms with Crippen LogP contribution in [0.25, 0.3) is 6.08 Å². The minimum absolute atomic E-state index is 0.0913. The molecular formula is C23H21N3O2. The molecule has 1 atom stereocenters. The van der Waals surface area contributed by atoms with Gasteiger partial charge >= 0.3 is 0 Å². The van der Waals surface area contributed by atoms with Crippen molar-refractivity contribution in [2.75, 3.05) is 0 Å². The minimum atomic E-state index is -0.394. The molecule has 2 amide bonds. The number of rotatable bonds is 4. The smallest absolute Gasteiger partial charge is 0.223 e. The predicted octanol–water partition coefficient (Wildman–Crippen LogP) is 3.63. The van der Waals surface area contributed by atoms with Crippen LogP contribution in [0, 0.1) is 11.3 Å². The first kappa shape index (κ1) is 18.0. The van der Waals surface area contributed by atoms with Gasteiger partial charge in [-0.1, -0.05) is 36.4 Å². The first-order valence-corrected chi connectivity index (χ1v) is 9.40. The van der Waals surface area contributed by atoms with E-state index in [2.05, 4.69) is 11.4 Å². The Kier molecular flexibility index (Phi) is 4.48. The third-order valence-corrected chi connectivity index (χ3v) is 5.52. The van der Waals surface area contributed by atoms with Crippen LogP contribution in [0.3, 0.4) is 0 Å². The van der Waals surface area contributed by atoms with Crippen LogP contribution in [0.2, 0.25) is 0 Å². The third kappa shape index (κ3) is 3.29. The molecule has 1 unspecified atom stereocenters. The highest BCUT2D eigenvalue weighted by molar-refractivity contribution is 5.82. The van der Waals surface area contributed by atoms with Crippen molar-refractivity contribution in [2.24, 2.45) is 0 Å². The SMILES string of the molecule is CC(=O)N1C=Cc2ccccc2C1CC(=O)NC1(c2cccc(C#N)c2)CC1. The van der Waals surface area contributed by atoms with Gasteiger partial charge < -0.3 is 10.2 Å². The zero-order valence-electron chi connectivity index (χ0n) is 15.7. The van der Waals surface area contributed by atoms with Gasteiger partial charge in [0.1, 0.15) is 0 Å². The van der Waals surface area contributed by atoms with Crippen molar-refractivity contribution in [1.82, 2.24) is 10.2 Å². The summed E-state index contributed by atoms with van der Waals surface area (Å²) in [6.45, 7) is 1.51. The molecule has 2 aromatic carbocycles. The predicted molar refractivity (Wildman–Crippen MR) is 106 cm³/mol. The van der Waals surface area contributed by atoms with Crippen LogP contribution in [0.15, 0.2) is 54.7 Å². The van der Waals surface area contributed by atoms with E-state index in [1.54, 1.807) is 17.2 Å². The molecule has 28 heavy (non-hydrogen) atoms. The van der Waals surface area contributed by atoms with Gasteiger partial charge in [0.2, 0.25) is 11.8 Å². The van der Waals surface area contributed by atoms with E-state index < -0.39 is 5.54 Å². The van der Waals surface area contributed by atoms with Crippen LogP contribution in [0.5, 0.6) is 0 Å². The molecule has 1 heterocycles. The Bertz CT molecular complexity index is 1010. The topological polar surface area (TPSA) is 73.2 Å². The van der Waals surface area contributed by atoms with Gasteiger partial charge in [-0.3, -0.25) is 9.59 Å². The molecule has 4 rings (SSSR count). The maximum atomic E-state index is 12.9. The van der Waals surface area contributed by atoms with Gasteiger partial charge in [-0.2, -0.15) is 5.26 Å². The lowest BCUT2D eigenvalue weighted by Gasteiger charge is -2.32. The normalized spacial score (nSPS) is 18.7. The molecule has 1 N–H and O–H groups in total. The summed E-state index contributed by atoms with van der Waals surface area (Å²) in [4.78, 5) is 26.7. The molecule has 0 radical (unpaired) electrons. The number of hydrogen-bond acceptors (Lipinski definition) is 3. The van der Waals surface area contributed by atoms with Crippen molar-refractivity contribution in [3.63, 3.8) is 0 Å². The Morgan fingerprint density at radius 2 is 2.00 bits per heavy atom. The van der Waals surface area contributed by atoms with Gasteiger partial charge in [-0.05, 0) is 47.7 Å². The number of benzene rings is 2. The second-order valence-corrected chi connectivity index (χ2v) is 7.41. The minimum Gasteiger partial charge on any atom is -0.347 e. The van der Waals surface area contributed by atoms with Crippen molar-refractivity contribution in [2.45, 2.75) is 37.8 Å². The van der Waals surface area contributed by atoms with E-state index in [9.17, 15) is 9.59 Å². The molecule has 140 valence electrons. The number of hydrogen-bond donors (Lipinski definition) is 1. The monoisotopic (exact) mass is 371 g/mol. The molecule has 0 saturated heterocycles. The maximum Gasteiger partial charge on any atom is 0.223 e. The Hall–Kier alpha value is -3.39. The quantitative estimate of drug-likeness (QED) is 0.892. The van der Waals surface area contributed by atoms with E-state index in [4.69, 9.17) is 5.26 Å². The fourth-order valence-corrected chi connectivity index (χ4v) is 3.90. The van der Waals surface area contributed by atoms with Gasteiger partial charge in [0.15, 0.2) is 0 Å². The zero-order chi connectivity index (χ0) is 19.7. The van der Waals surface area contributed by atoms with Crippen molar-refractivity contribution < 1.29 is 9.59 Å². The summed E-state index contributed by atoms with van der Waals surface area (Å²) in [5, 5.41) is 12.3. The van der Waals surface area contributed by atoms with E-state index in [1.807, 2.05) is 48.5 Å². The number of nitrogens with zero attached hydrogens (tertiary/aromatic N) is 2. The van der Waals surface area contributed by atoms with Crippen LogP contribution in [0.1, 0.15) is 54.5 Å². The molecule has 5 nitrogen and oxygen atoms in total. The highest BCUT2D eigenvalue weighted by Crippen LogP contribution is 2.46. The van der Waals surface area contributed by atoms with E-state index in [0.29, 0.717) is 5.56 Å². The van der Waals surface area contributed by atoms with Gasteiger partial charge in [0.25, 0.3) is 0 Å². The number of nitrogens with one attached hydrogen (secondary N) is 1. The Balaban J connectivity index is 1.55. The van der Waals surface area contributed by atoms with Crippen LogP contribution in [0.4, 0.5) is 0 Å². The van der Waals surface area contributed by atoms with Crippen LogP contribution in [-0.4, -0.2) is 16.7 Å². The molecule has 1 fully saturated rings. The summed E-state index contributed by atoms with van der Waals surface area (Å²) in [5.41, 5.74) is 3.17. The first-order valence-electron chi connectivity index (χ1n) is 9.40. The lowest BCUT2D eigenvalue weighted by atomic mass is 9.93. The first-order chi connectivity index (χ1) is 13.5. The van der Waals surface area contributed by atoms with Gasteiger partial charge in [-0.25, -0.2) is 0 Å². The van der Waals surface area contributed by atoms with E-state index in [0.717, 1.165) is 29.5 Å². The summed E-state index contributed by atoms with van der Waals surface area (Å²) in [7, 11) is 0. The Morgan fingerprint density at radius 1 is 1.21 bits per heavy atom. The lowest BCUT2D eigenvalue weighted by molar-refractivity contribution is -0.130. The molecule has 0 bridgehead atoms. The summed E-state index contributed by atoms with van der Waals surface area (Å²) in [6, 6.07) is 17.1. The van der Waals surface area contributed by atoms with Gasteiger partial charge in [-0.15, -0.1) is 0 Å². The number of amides is 2. The maximum absolute atomic E-state index is 12.9. The number of carbonyl (C=O) groups is 2. The van der Waals surface area contributed by atoms with Crippen molar-refractivity contribution in [3.05, 3.63) is 77.0 Å². The third-order valence-electron chi connectivity index (χ3n) is 5.52. The highest BCUT2D eigenvalue weighted by atomic mass is 16.2. The molecule has 5 heteroatoms. The number of carbonyl (C=O) groups excluding carboxylic acids is 2. The average molecular weight is 371 g/mol. The summed E-state index contributed by atoms with van der Waals surface area (Å²) < 4.78 is 0. The highest BCUT2D eigenvalue weighted by Gasteiger charge is 2.46. The van der Waals surface area contributed by atoms with Crippen molar-refractivity contribution in [1.29, 1.82) is 5.26 Å². The second-order valence-electron chi connectivity index (χ2n) is 7.41. The van der Waals surface area contributed by atoms with Gasteiger partial charge in [0, 0.05) is 13.1 Å². The summed E-state index contributed by atoms with van der Waals surface area (Å²) >= 11 is 0. The average Bonchev–Trinajstić information content (AvgIpc) is 3.48. The fraction of sp³-hybridized carbons (Fsp3) is 0.261. The number of fused-ring (bicyclic) bond motifs is 1. The van der Waals surface area contributed by atoms with Crippen molar-refractivity contribution >= 4 is 17.9 Å². The van der Waals surface area contributed by atoms with E-state index >= 15 is 0 Å². The molecule has 0 aromatic heterocycles. The molecular weight excluding hydrogens is 350 g/mol. The molecule has 2 aromatic rings.